The monoisotopic (exact) mass is 1000 g/mol. The fourth-order valence-corrected chi connectivity index (χ4v) is 9.49. The van der Waals surface area contributed by atoms with E-state index in [1.807, 2.05) is 105 Å². The number of carbonyl (C=O) groups excluding carboxylic acids is 2. The zero-order valence-electron chi connectivity index (χ0n) is 41.7. The van der Waals surface area contributed by atoms with E-state index in [1.165, 1.54) is 12.1 Å². The van der Waals surface area contributed by atoms with Crippen molar-refractivity contribution in [3.05, 3.63) is 211 Å². The standard InChI is InChI=1S/C61H51N11O4/c1-38-27-57(52-33-46(71-25-6-26-71)13-15-54(52)65-38)67-43-8-3-7-40(29-43)60(73)68-45-10-5-12-50(32-45)76-51-20-24-63-56(35-51)42-36-72(37-42)47-14-16-55-53(34-47)58(28-39(2)66-55)70-59-30-41(17-23-64-59)61(74)69-44-9-4-11-49(31-44)75-48-18-21-62-22-19-48/h3-5,7-24,27-35,42H,6,25-26,36-37H2,1-2H3,(H,65,67)(H,68,73)(H,69,74)(H,64,66,70). The van der Waals surface area contributed by atoms with Gasteiger partial charge in [-0.05, 0) is 142 Å². The Kier molecular flexibility index (Phi) is 12.7. The van der Waals surface area contributed by atoms with Crippen LogP contribution in [0, 0.1) is 13.8 Å². The minimum absolute atomic E-state index is 0.183. The van der Waals surface area contributed by atoms with Crippen LogP contribution in [-0.4, -0.2) is 62.9 Å². The lowest BCUT2D eigenvalue weighted by atomic mass is 9.94. The number of fused-ring (bicyclic) bond motifs is 2. The molecule has 5 aromatic heterocycles. The summed E-state index contributed by atoms with van der Waals surface area (Å²) in [6.07, 6.45) is 7.91. The summed E-state index contributed by atoms with van der Waals surface area (Å²) in [7, 11) is 0. The van der Waals surface area contributed by atoms with E-state index in [4.69, 9.17) is 24.4 Å². The quantitative estimate of drug-likeness (QED) is 0.0765. The van der Waals surface area contributed by atoms with Gasteiger partial charge in [0.05, 0.1) is 22.4 Å². The normalized spacial score (nSPS) is 13.1. The van der Waals surface area contributed by atoms with Crippen LogP contribution in [0.5, 0.6) is 23.0 Å². The third-order valence-electron chi connectivity index (χ3n) is 13.5. The maximum Gasteiger partial charge on any atom is 0.255 e. The van der Waals surface area contributed by atoms with Crippen LogP contribution in [-0.2, 0) is 0 Å². The van der Waals surface area contributed by atoms with Crippen molar-refractivity contribution in [1.82, 2.24) is 24.9 Å². The molecule has 4 N–H and O–H groups in total. The minimum atomic E-state index is -0.285. The highest BCUT2D eigenvalue weighted by Gasteiger charge is 2.30. The molecule has 0 aliphatic carbocycles. The lowest BCUT2D eigenvalue weighted by Crippen LogP contribution is -2.45. The van der Waals surface area contributed by atoms with Gasteiger partial charge < -0.3 is 40.5 Å². The summed E-state index contributed by atoms with van der Waals surface area (Å²) in [5.74, 6) is 2.65. The van der Waals surface area contributed by atoms with E-state index >= 15 is 0 Å². The number of ether oxygens (including phenoxy) is 2. The summed E-state index contributed by atoms with van der Waals surface area (Å²) in [6.45, 7) is 7.59. The Morgan fingerprint density at radius 3 is 1.74 bits per heavy atom. The number of rotatable bonds is 15. The molecular weight excluding hydrogens is 951 g/mol. The number of hydrogen-bond donors (Lipinski definition) is 4. The Morgan fingerprint density at radius 2 is 1.08 bits per heavy atom. The zero-order valence-corrected chi connectivity index (χ0v) is 41.7. The van der Waals surface area contributed by atoms with E-state index < -0.39 is 0 Å². The first-order valence-corrected chi connectivity index (χ1v) is 25.2. The molecule has 2 amide bonds. The first-order valence-electron chi connectivity index (χ1n) is 25.2. The number of aryl methyl sites for hydroxylation is 2. The van der Waals surface area contributed by atoms with Gasteiger partial charge in [0, 0.05) is 142 Å². The van der Waals surface area contributed by atoms with Gasteiger partial charge in [-0.2, -0.15) is 0 Å². The molecule has 15 heteroatoms. The molecule has 0 spiro atoms. The number of benzene rings is 5. The molecule has 0 atom stereocenters. The van der Waals surface area contributed by atoms with Crippen LogP contribution >= 0.6 is 0 Å². The number of nitrogens with zero attached hydrogens (tertiary/aromatic N) is 7. The molecule has 5 aromatic carbocycles. The molecule has 0 saturated carbocycles. The highest BCUT2D eigenvalue weighted by Crippen LogP contribution is 2.37. The van der Waals surface area contributed by atoms with E-state index in [2.05, 4.69) is 71.4 Å². The van der Waals surface area contributed by atoms with Crippen LogP contribution in [0.3, 0.4) is 0 Å². The second-order valence-electron chi connectivity index (χ2n) is 19.0. The molecule has 2 saturated heterocycles. The van der Waals surface area contributed by atoms with Crippen LogP contribution < -0.4 is 40.5 Å². The van der Waals surface area contributed by atoms with E-state index in [0.717, 1.165) is 87.8 Å². The van der Waals surface area contributed by atoms with Crippen molar-refractivity contribution in [3.63, 3.8) is 0 Å². The van der Waals surface area contributed by atoms with Crippen molar-refractivity contribution in [2.75, 3.05) is 57.2 Å². The number of anilines is 8. The van der Waals surface area contributed by atoms with Gasteiger partial charge in [0.1, 0.15) is 28.8 Å². The van der Waals surface area contributed by atoms with Crippen LogP contribution in [0.4, 0.5) is 45.6 Å². The highest BCUT2D eigenvalue weighted by molar-refractivity contribution is 6.06. The lowest BCUT2D eigenvalue weighted by Gasteiger charge is -2.41. The molecule has 10 aromatic rings. The Balaban J connectivity index is 0.675. The fraction of sp³-hybridized carbons (Fsp3) is 0.131. The van der Waals surface area contributed by atoms with Crippen LogP contribution in [0.1, 0.15) is 50.1 Å². The third-order valence-corrected chi connectivity index (χ3v) is 13.5. The van der Waals surface area contributed by atoms with Crippen molar-refractivity contribution in [3.8, 4) is 23.0 Å². The average Bonchev–Trinajstić information content (AvgIpc) is 3.41. The lowest BCUT2D eigenvalue weighted by molar-refractivity contribution is 0.101. The topological polar surface area (TPSA) is 172 Å². The Bertz CT molecular complexity index is 3830. The molecule has 7 heterocycles. The Hall–Kier alpha value is -9.89. The molecular formula is C61H51N11O4. The van der Waals surface area contributed by atoms with Crippen molar-refractivity contribution < 1.29 is 19.1 Å². The summed E-state index contributed by atoms with van der Waals surface area (Å²) in [5.41, 5.74) is 11.4. The van der Waals surface area contributed by atoms with Gasteiger partial charge in [0.2, 0.25) is 0 Å². The molecule has 0 bridgehead atoms. The van der Waals surface area contributed by atoms with Gasteiger partial charge in [0.15, 0.2) is 0 Å². The fourth-order valence-electron chi connectivity index (χ4n) is 9.49. The number of nitrogens with one attached hydrogen (secondary N) is 4. The largest absolute Gasteiger partial charge is 0.457 e. The predicted molar refractivity (Wildman–Crippen MR) is 299 cm³/mol. The van der Waals surface area contributed by atoms with Gasteiger partial charge in [-0.25, -0.2) is 4.98 Å². The second kappa shape index (κ2) is 20.6. The molecule has 2 aliphatic rings. The zero-order chi connectivity index (χ0) is 51.5. The predicted octanol–water partition coefficient (Wildman–Crippen LogP) is 13.0. The maximum absolute atomic E-state index is 13.7. The minimum Gasteiger partial charge on any atom is -0.457 e. The summed E-state index contributed by atoms with van der Waals surface area (Å²) in [5, 5.41) is 15.0. The van der Waals surface area contributed by atoms with Gasteiger partial charge in [-0.1, -0.05) is 18.2 Å². The van der Waals surface area contributed by atoms with Crippen LogP contribution in [0.25, 0.3) is 21.8 Å². The molecule has 374 valence electrons. The molecule has 12 rings (SSSR count). The molecule has 2 aliphatic heterocycles. The van der Waals surface area contributed by atoms with E-state index in [0.29, 0.717) is 51.3 Å². The number of pyridine rings is 5. The van der Waals surface area contributed by atoms with E-state index in [9.17, 15) is 9.59 Å². The van der Waals surface area contributed by atoms with Crippen molar-refractivity contribution in [1.29, 1.82) is 0 Å². The number of amides is 2. The maximum atomic E-state index is 13.7. The number of carbonyl (C=O) groups is 2. The SMILES string of the molecule is Cc1cc(Nc2cccc(C(=O)Nc3cccc(Oc4ccnc(C5CN(c6ccc7nc(C)cc(Nc8cc(C(=O)Nc9cccc(Oc%10ccncc%10)c9)ccn8)c7c6)C5)c4)c3)c2)c2cc(N3CCC3)ccc2n1. The van der Waals surface area contributed by atoms with Crippen LogP contribution in [0.2, 0.25) is 0 Å². The summed E-state index contributed by atoms with van der Waals surface area (Å²) < 4.78 is 12.3. The van der Waals surface area contributed by atoms with Crippen LogP contribution in [0.15, 0.2) is 183 Å². The summed E-state index contributed by atoms with van der Waals surface area (Å²) in [6, 6.07) is 49.6. The van der Waals surface area contributed by atoms with Crippen molar-refractivity contribution >= 4 is 79.2 Å². The molecule has 0 unspecified atom stereocenters. The van der Waals surface area contributed by atoms with Crippen molar-refractivity contribution in [2.24, 2.45) is 0 Å². The van der Waals surface area contributed by atoms with E-state index in [1.54, 1.807) is 61.2 Å². The summed E-state index contributed by atoms with van der Waals surface area (Å²) in [4.78, 5) is 54.7. The number of aromatic nitrogens is 5. The van der Waals surface area contributed by atoms with Gasteiger partial charge >= 0.3 is 0 Å². The number of hydrogen-bond acceptors (Lipinski definition) is 13. The Labute approximate surface area is 438 Å². The van der Waals surface area contributed by atoms with Gasteiger partial charge in [-0.3, -0.25) is 29.5 Å². The van der Waals surface area contributed by atoms with Crippen molar-refractivity contribution in [2.45, 2.75) is 26.2 Å². The first-order chi connectivity index (χ1) is 37.2. The highest BCUT2D eigenvalue weighted by atomic mass is 16.5. The van der Waals surface area contributed by atoms with Gasteiger partial charge in [-0.15, -0.1) is 0 Å². The van der Waals surface area contributed by atoms with Gasteiger partial charge in [0.25, 0.3) is 11.8 Å². The average molecular weight is 1000 g/mol. The Morgan fingerprint density at radius 1 is 0.513 bits per heavy atom. The summed E-state index contributed by atoms with van der Waals surface area (Å²) >= 11 is 0. The first kappa shape index (κ1) is 47.1. The third kappa shape index (κ3) is 10.5. The molecule has 2 fully saturated rings. The molecule has 76 heavy (non-hydrogen) atoms. The van der Waals surface area contributed by atoms with E-state index in [-0.39, 0.29) is 17.7 Å². The molecule has 0 radical (unpaired) electrons. The smallest absolute Gasteiger partial charge is 0.255 e. The second-order valence-corrected chi connectivity index (χ2v) is 19.0. The molecule has 15 nitrogen and oxygen atoms in total.